The standard InChI is InChI=1S/C62H82FN9O7/c1-37(31-44-21-15-17-25-48(44)63)70(58(77)51-32-43-20-12-13-22-45(43)35-71(51)59(78)52(61(4,5)6)68-54(73)38(2)64-10)34-40-27-29-42(30-28-40)56(75)66-46-33-50(57(76)67-49-26-18-23-41-19-14-16-24-47(41)49)72(36-46)60(79)53(62(7,8)9)69-55(74)39(3)65-11/h12-17,19-22,24-25,27-30,37-39,46,49-53,64-65H,18,23,26,31-36H2,1-11H3,(H,66,75)(H,67,76)(H,68,73)(H,69,74)/t37?,38-,39-,46?,49?,50-,51-,52+,53+/m0/s1. The Kier molecular flexibility index (Phi) is 19.2. The molecule has 3 aliphatic rings. The first-order valence-electron chi connectivity index (χ1n) is 27.8. The highest BCUT2D eigenvalue weighted by atomic mass is 19.1. The molecule has 0 bridgehead atoms. The molecule has 0 saturated carbocycles. The van der Waals surface area contributed by atoms with Crippen LogP contribution in [0, 0.1) is 16.6 Å². The van der Waals surface area contributed by atoms with Crippen LogP contribution in [0.2, 0.25) is 0 Å². The third kappa shape index (κ3) is 14.3. The molecule has 16 nitrogen and oxygen atoms in total. The zero-order valence-electron chi connectivity index (χ0n) is 47.9. The number of nitrogens with zero attached hydrogens (tertiary/aromatic N) is 3. The van der Waals surface area contributed by atoms with Crippen molar-refractivity contribution in [2.24, 2.45) is 10.8 Å². The summed E-state index contributed by atoms with van der Waals surface area (Å²) < 4.78 is 15.3. The Labute approximate surface area is 465 Å². The van der Waals surface area contributed by atoms with Crippen LogP contribution in [-0.4, -0.2) is 125 Å². The summed E-state index contributed by atoms with van der Waals surface area (Å²) in [6, 6.07) is 22.5. The molecule has 0 spiro atoms. The third-order valence-electron chi connectivity index (χ3n) is 16.0. The maximum absolute atomic E-state index is 15.5. The van der Waals surface area contributed by atoms with E-state index in [0.29, 0.717) is 16.7 Å². The summed E-state index contributed by atoms with van der Waals surface area (Å²) >= 11 is 0. The maximum Gasteiger partial charge on any atom is 0.251 e. The number of rotatable bonds is 18. The number of carbonyl (C=O) groups is 7. The minimum Gasteiger partial charge on any atom is -0.347 e. The molecule has 3 unspecified atom stereocenters. The largest absolute Gasteiger partial charge is 0.347 e. The Hall–Kier alpha value is -6.98. The molecule has 424 valence electrons. The van der Waals surface area contributed by atoms with Crippen molar-refractivity contribution in [2.45, 2.75) is 168 Å². The first kappa shape index (κ1) is 59.7. The zero-order valence-corrected chi connectivity index (χ0v) is 47.9. The van der Waals surface area contributed by atoms with E-state index >= 15 is 9.18 Å². The summed E-state index contributed by atoms with van der Waals surface area (Å²) in [5, 5.41) is 18.1. The topological polar surface area (TPSA) is 201 Å². The van der Waals surface area contributed by atoms with Crippen molar-refractivity contribution < 1.29 is 38.0 Å². The van der Waals surface area contributed by atoms with E-state index in [4.69, 9.17) is 0 Å². The van der Waals surface area contributed by atoms with Crippen LogP contribution in [0.1, 0.15) is 131 Å². The van der Waals surface area contributed by atoms with Crippen molar-refractivity contribution in [3.8, 4) is 0 Å². The molecule has 2 heterocycles. The van der Waals surface area contributed by atoms with Gasteiger partial charge in [0.15, 0.2) is 0 Å². The molecule has 9 atom stereocenters. The molecule has 1 fully saturated rings. The smallest absolute Gasteiger partial charge is 0.251 e. The molecule has 1 saturated heterocycles. The summed E-state index contributed by atoms with van der Waals surface area (Å²) in [6.45, 7) is 16.6. The van der Waals surface area contributed by atoms with Crippen molar-refractivity contribution in [1.29, 1.82) is 0 Å². The highest BCUT2D eigenvalue weighted by Crippen LogP contribution is 2.33. The fourth-order valence-electron chi connectivity index (χ4n) is 11.0. The first-order valence-corrected chi connectivity index (χ1v) is 27.8. The average Bonchev–Trinajstić information content (AvgIpc) is 3.91. The number of hydrogen-bond acceptors (Lipinski definition) is 9. The van der Waals surface area contributed by atoms with Crippen LogP contribution < -0.4 is 31.9 Å². The molecule has 4 aromatic rings. The Morgan fingerprint density at radius 2 is 1.23 bits per heavy atom. The Morgan fingerprint density at radius 1 is 0.671 bits per heavy atom. The molecule has 0 radical (unpaired) electrons. The van der Waals surface area contributed by atoms with E-state index in [1.54, 1.807) is 80.2 Å². The SMILES string of the molecule is CN[C@@H](C)C(=O)N[C@H](C(=O)N1CC(NC(=O)c2ccc(CN(C(=O)[C@@H]3Cc4ccccc4CN3C(=O)[C@@H](NC(=O)[C@H](C)NC)C(C)(C)C)C(C)Cc3ccccc3F)cc2)C[C@H]1C(=O)NC1CCCc2ccccc21)C(C)(C)C. The second kappa shape index (κ2) is 25.4. The van der Waals surface area contributed by atoms with E-state index in [1.165, 1.54) is 16.5 Å². The molecule has 7 amide bonds. The van der Waals surface area contributed by atoms with Gasteiger partial charge in [-0.3, -0.25) is 33.6 Å². The number of benzene rings is 4. The monoisotopic (exact) mass is 1080 g/mol. The summed E-state index contributed by atoms with van der Waals surface area (Å²) in [5.41, 5.74) is 3.94. The zero-order chi connectivity index (χ0) is 57.5. The normalized spacial score (nSPS) is 20.1. The van der Waals surface area contributed by atoms with Crippen LogP contribution in [0.15, 0.2) is 97.1 Å². The van der Waals surface area contributed by atoms with Gasteiger partial charge in [0.05, 0.1) is 18.1 Å². The summed E-state index contributed by atoms with van der Waals surface area (Å²) in [6.07, 6.45) is 3.05. The highest BCUT2D eigenvalue weighted by molar-refractivity contribution is 5.97. The molecule has 17 heteroatoms. The summed E-state index contributed by atoms with van der Waals surface area (Å²) in [7, 11) is 3.32. The van der Waals surface area contributed by atoms with E-state index in [-0.39, 0.29) is 68.6 Å². The van der Waals surface area contributed by atoms with Gasteiger partial charge < -0.3 is 46.6 Å². The predicted octanol–water partition coefficient (Wildman–Crippen LogP) is 5.91. The van der Waals surface area contributed by atoms with E-state index < -0.39 is 82.7 Å². The molecule has 4 aromatic carbocycles. The Bertz CT molecular complexity index is 2860. The lowest BCUT2D eigenvalue weighted by Gasteiger charge is -2.43. The molecular weight excluding hydrogens is 1000 g/mol. The minimum absolute atomic E-state index is 0.0199. The number of halogens is 1. The van der Waals surface area contributed by atoms with Crippen LogP contribution in [-0.2, 0) is 61.1 Å². The van der Waals surface area contributed by atoms with Crippen molar-refractivity contribution in [3.63, 3.8) is 0 Å². The molecular formula is C62H82FN9O7. The highest BCUT2D eigenvalue weighted by Gasteiger charge is 2.47. The van der Waals surface area contributed by atoms with Gasteiger partial charge >= 0.3 is 0 Å². The summed E-state index contributed by atoms with van der Waals surface area (Å²) in [4.78, 5) is 105. The first-order chi connectivity index (χ1) is 37.4. The molecule has 2 aliphatic heterocycles. The fraction of sp³-hybridized carbons (Fsp3) is 0.500. The van der Waals surface area contributed by atoms with Crippen LogP contribution in [0.4, 0.5) is 4.39 Å². The lowest BCUT2D eigenvalue weighted by molar-refractivity contribution is -0.152. The second-order valence-electron chi connectivity index (χ2n) is 24.0. The minimum atomic E-state index is -0.984. The number of likely N-dealkylation sites (N-methyl/N-ethyl adjacent to an activating group) is 2. The fourth-order valence-corrected chi connectivity index (χ4v) is 11.0. The van der Waals surface area contributed by atoms with Crippen molar-refractivity contribution in [2.75, 3.05) is 20.6 Å². The van der Waals surface area contributed by atoms with Crippen molar-refractivity contribution in [3.05, 3.63) is 142 Å². The van der Waals surface area contributed by atoms with Gasteiger partial charge in [-0.2, -0.15) is 0 Å². The third-order valence-corrected chi connectivity index (χ3v) is 16.0. The van der Waals surface area contributed by atoms with E-state index in [9.17, 15) is 28.8 Å². The average molecular weight is 1080 g/mol. The Morgan fingerprint density at radius 3 is 1.82 bits per heavy atom. The van der Waals surface area contributed by atoms with Gasteiger partial charge in [0, 0.05) is 43.7 Å². The number of amides is 7. The van der Waals surface area contributed by atoms with Gasteiger partial charge in [-0.15, -0.1) is 0 Å². The van der Waals surface area contributed by atoms with Crippen LogP contribution in [0.3, 0.4) is 0 Å². The molecule has 1 aliphatic carbocycles. The molecule has 6 N–H and O–H groups in total. The quantitative estimate of drug-likeness (QED) is 0.0701. The van der Waals surface area contributed by atoms with E-state index in [2.05, 4.69) is 38.0 Å². The van der Waals surface area contributed by atoms with Gasteiger partial charge in [-0.05, 0) is 129 Å². The lowest BCUT2D eigenvalue weighted by Crippen LogP contribution is -2.62. The number of carbonyl (C=O) groups excluding carboxylic acids is 7. The number of hydrogen-bond donors (Lipinski definition) is 6. The van der Waals surface area contributed by atoms with Crippen LogP contribution >= 0.6 is 0 Å². The number of aryl methyl sites for hydroxylation is 1. The predicted molar refractivity (Wildman–Crippen MR) is 302 cm³/mol. The van der Waals surface area contributed by atoms with Gasteiger partial charge in [0.1, 0.15) is 30.0 Å². The van der Waals surface area contributed by atoms with Crippen LogP contribution in [0.5, 0.6) is 0 Å². The van der Waals surface area contributed by atoms with Crippen molar-refractivity contribution in [1.82, 2.24) is 46.6 Å². The Balaban J connectivity index is 1.15. The van der Waals surface area contributed by atoms with Gasteiger partial charge in [-0.1, -0.05) is 120 Å². The molecule has 0 aromatic heterocycles. The second-order valence-corrected chi connectivity index (χ2v) is 24.0. The molecule has 79 heavy (non-hydrogen) atoms. The number of nitrogens with one attached hydrogen (secondary N) is 6. The van der Waals surface area contributed by atoms with E-state index in [0.717, 1.165) is 36.0 Å². The van der Waals surface area contributed by atoms with E-state index in [1.807, 2.05) is 90.9 Å². The van der Waals surface area contributed by atoms with Crippen LogP contribution in [0.25, 0.3) is 0 Å². The van der Waals surface area contributed by atoms with Crippen molar-refractivity contribution >= 4 is 41.4 Å². The maximum atomic E-state index is 15.5. The number of fused-ring (bicyclic) bond motifs is 2. The number of likely N-dealkylation sites (tertiary alicyclic amines) is 1. The lowest BCUT2D eigenvalue weighted by atomic mass is 9.84. The van der Waals surface area contributed by atoms with Gasteiger partial charge in [-0.25, -0.2) is 4.39 Å². The summed E-state index contributed by atoms with van der Waals surface area (Å²) in [5.74, 6) is -3.08. The van der Waals surface area contributed by atoms with Gasteiger partial charge in [0.2, 0.25) is 35.4 Å². The van der Waals surface area contributed by atoms with Gasteiger partial charge in [0.25, 0.3) is 5.91 Å². The molecule has 7 rings (SSSR count).